The maximum absolute atomic E-state index is 11.6. The molecular formula is C14H24N2O3S. The number of nitrogens with zero attached hydrogens (tertiary/aromatic N) is 1. The lowest BCUT2D eigenvalue weighted by Crippen LogP contribution is -2.41. The van der Waals surface area contributed by atoms with Gasteiger partial charge in [-0.05, 0) is 27.7 Å². The number of pyridine rings is 1. The number of ether oxygens (including phenoxy) is 1. The van der Waals surface area contributed by atoms with Crippen molar-refractivity contribution in [2.45, 2.75) is 39.0 Å². The summed E-state index contributed by atoms with van der Waals surface area (Å²) in [5.74, 6) is 0.833. The van der Waals surface area contributed by atoms with Crippen LogP contribution in [-0.4, -0.2) is 38.1 Å². The fraction of sp³-hybridized carbons (Fsp3) is 0.643. The van der Waals surface area contributed by atoms with Crippen molar-refractivity contribution >= 4 is 9.84 Å². The van der Waals surface area contributed by atoms with E-state index in [1.807, 2.05) is 13.8 Å². The van der Waals surface area contributed by atoms with Crippen molar-refractivity contribution in [3.05, 3.63) is 23.0 Å². The summed E-state index contributed by atoms with van der Waals surface area (Å²) in [5.41, 5.74) is 2.85. The molecule has 5 nitrogen and oxygen atoms in total. The Hall–Kier alpha value is -1.14. The van der Waals surface area contributed by atoms with Gasteiger partial charge in [0.1, 0.15) is 5.75 Å². The zero-order valence-electron chi connectivity index (χ0n) is 13.1. The minimum atomic E-state index is -3.09. The number of rotatable bonds is 6. The first kappa shape index (κ1) is 16.9. The molecule has 1 N–H and O–H groups in total. The van der Waals surface area contributed by atoms with Crippen LogP contribution in [0.15, 0.2) is 6.20 Å². The molecule has 1 rings (SSSR count). The number of aromatic nitrogens is 1. The molecule has 0 aliphatic carbocycles. The summed E-state index contributed by atoms with van der Waals surface area (Å²) in [6, 6.07) is 0. The summed E-state index contributed by atoms with van der Waals surface area (Å²) >= 11 is 0. The predicted octanol–water partition coefficient (Wildman–Crippen LogP) is 1.62. The van der Waals surface area contributed by atoms with E-state index < -0.39 is 14.6 Å². The molecule has 0 aromatic carbocycles. The van der Waals surface area contributed by atoms with Gasteiger partial charge in [0.2, 0.25) is 0 Å². The Morgan fingerprint density at radius 1 is 1.35 bits per heavy atom. The van der Waals surface area contributed by atoms with Crippen molar-refractivity contribution in [1.29, 1.82) is 0 Å². The Balaban J connectivity index is 2.78. The fourth-order valence-electron chi connectivity index (χ4n) is 1.86. The van der Waals surface area contributed by atoms with Gasteiger partial charge in [0, 0.05) is 36.7 Å². The van der Waals surface area contributed by atoms with Crippen molar-refractivity contribution in [1.82, 2.24) is 10.3 Å². The Labute approximate surface area is 121 Å². The summed E-state index contributed by atoms with van der Waals surface area (Å²) in [4.78, 5) is 4.38. The van der Waals surface area contributed by atoms with Crippen LogP contribution in [0.1, 0.15) is 30.7 Å². The first-order valence-electron chi connectivity index (χ1n) is 6.49. The third-order valence-electron chi connectivity index (χ3n) is 3.60. The number of methoxy groups -OCH3 is 1. The maximum Gasteiger partial charge on any atom is 0.153 e. The van der Waals surface area contributed by atoms with Crippen molar-refractivity contribution in [3.8, 4) is 5.75 Å². The third-order valence-corrected chi connectivity index (χ3v) is 5.75. The van der Waals surface area contributed by atoms with Crippen LogP contribution in [0.4, 0.5) is 0 Å². The lowest BCUT2D eigenvalue weighted by atomic mass is 10.1. The van der Waals surface area contributed by atoms with Crippen LogP contribution < -0.4 is 10.1 Å². The Bertz CT molecular complexity index is 580. The van der Waals surface area contributed by atoms with Crippen LogP contribution in [0, 0.1) is 13.8 Å². The van der Waals surface area contributed by atoms with Gasteiger partial charge in [-0.3, -0.25) is 4.98 Å². The summed E-state index contributed by atoms with van der Waals surface area (Å²) in [6.07, 6.45) is 3.03. The standard InChI is InChI=1S/C14H24N2O3S/c1-10-7-16-12(11(2)13(10)19-5)8-15-9-14(3,4)20(6,17)18/h7,15H,8-9H2,1-6H3. The van der Waals surface area contributed by atoms with Crippen LogP contribution in [0.5, 0.6) is 5.75 Å². The molecule has 0 saturated heterocycles. The van der Waals surface area contributed by atoms with E-state index in [4.69, 9.17) is 4.74 Å². The lowest BCUT2D eigenvalue weighted by molar-refractivity contribution is 0.406. The van der Waals surface area contributed by atoms with Crippen molar-refractivity contribution in [2.24, 2.45) is 0 Å². The topological polar surface area (TPSA) is 68.3 Å². The molecular weight excluding hydrogens is 276 g/mol. The minimum absolute atomic E-state index is 0.378. The van der Waals surface area contributed by atoms with Gasteiger partial charge in [0.25, 0.3) is 0 Å². The van der Waals surface area contributed by atoms with E-state index in [1.54, 1.807) is 27.2 Å². The van der Waals surface area contributed by atoms with Crippen molar-refractivity contribution in [3.63, 3.8) is 0 Å². The third kappa shape index (κ3) is 3.70. The highest BCUT2D eigenvalue weighted by Gasteiger charge is 2.29. The van der Waals surface area contributed by atoms with E-state index in [0.29, 0.717) is 13.1 Å². The van der Waals surface area contributed by atoms with Gasteiger partial charge in [0.15, 0.2) is 9.84 Å². The van der Waals surface area contributed by atoms with Crippen molar-refractivity contribution < 1.29 is 13.2 Å². The second-order valence-electron chi connectivity index (χ2n) is 5.68. The van der Waals surface area contributed by atoms with Crippen molar-refractivity contribution in [2.75, 3.05) is 19.9 Å². The van der Waals surface area contributed by atoms with E-state index >= 15 is 0 Å². The van der Waals surface area contributed by atoms with Crippen LogP contribution in [0.2, 0.25) is 0 Å². The molecule has 1 aromatic heterocycles. The number of hydrogen-bond donors (Lipinski definition) is 1. The molecule has 0 atom stereocenters. The number of sulfone groups is 1. The molecule has 0 aliphatic heterocycles. The zero-order chi connectivity index (χ0) is 15.6. The molecule has 0 aliphatic rings. The van der Waals surface area contributed by atoms with Gasteiger partial charge >= 0.3 is 0 Å². The smallest absolute Gasteiger partial charge is 0.153 e. The SMILES string of the molecule is COc1c(C)cnc(CNCC(C)(C)S(C)(=O)=O)c1C. The van der Waals surface area contributed by atoms with Gasteiger partial charge in [0.05, 0.1) is 17.6 Å². The second-order valence-corrected chi connectivity index (χ2v) is 8.33. The molecule has 0 unspecified atom stereocenters. The molecule has 0 radical (unpaired) electrons. The maximum atomic E-state index is 11.6. The minimum Gasteiger partial charge on any atom is -0.496 e. The first-order valence-corrected chi connectivity index (χ1v) is 8.38. The molecule has 0 bridgehead atoms. The molecule has 114 valence electrons. The normalized spacial score (nSPS) is 12.5. The zero-order valence-corrected chi connectivity index (χ0v) is 13.9. The Morgan fingerprint density at radius 2 is 1.95 bits per heavy atom. The predicted molar refractivity (Wildman–Crippen MR) is 80.9 cm³/mol. The number of hydrogen-bond acceptors (Lipinski definition) is 5. The van der Waals surface area contributed by atoms with E-state index in [1.165, 1.54) is 6.26 Å². The largest absolute Gasteiger partial charge is 0.496 e. The molecule has 1 heterocycles. The molecule has 20 heavy (non-hydrogen) atoms. The van der Waals surface area contributed by atoms with Crippen LogP contribution in [0.25, 0.3) is 0 Å². The molecule has 0 fully saturated rings. The second kappa shape index (κ2) is 6.10. The molecule has 0 amide bonds. The van der Waals surface area contributed by atoms with E-state index in [9.17, 15) is 8.42 Å². The Morgan fingerprint density at radius 3 is 2.45 bits per heavy atom. The van der Waals surface area contributed by atoms with Gasteiger partial charge < -0.3 is 10.1 Å². The summed E-state index contributed by atoms with van der Waals surface area (Å²) in [6.45, 7) is 8.22. The first-order chi connectivity index (χ1) is 9.10. The summed E-state index contributed by atoms with van der Waals surface area (Å²) in [5, 5.41) is 3.16. The van der Waals surface area contributed by atoms with Crippen LogP contribution in [-0.2, 0) is 16.4 Å². The lowest BCUT2D eigenvalue weighted by Gasteiger charge is -2.23. The average molecular weight is 300 g/mol. The highest BCUT2D eigenvalue weighted by atomic mass is 32.2. The number of aryl methyl sites for hydroxylation is 1. The highest BCUT2D eigenvalue weighted by Crippen LogP contribution is 2.24. The van der Waals surface area contributed by atoms with E-state index in [-0.39, 0.29) is 0 Å². The van der Waals surface area contributed by atoms with Crippen LogP contribution >= 0.6 is 0 Å². The van der Waals surface area contributed by atoms with Gasteiger partial charge in [-0.15, -0.1) is 0 Å². The van der Waals surface area contributed by atoms with E-state index in [0.717, 1.165) is 22.6 Å². The highest BCUT2D eigenvalue weighted by molar-refractivity contribution is 7.92. The monoisotopic (exact) mass is 300 g/mol. The van der Waals surface area contributed by atoms with E-state index in [2.05, 4.69) is 10.3 Å². The molecule has 0 saturated carbocycles. The van der Waals surface area contributed by atoms with Gasteiger partial charge in [-0.2, -0.15) is 0 Å². The molecule has 0 spiro atoms. The average Bonchev–Trinajstić information content (AvgIpc) is 2.31. The fourth-order valence-corrected chi connectivity index (χ4v) is 2.23. The molecule has 6 heteroatoms. The Kier molecular flexibility index (Phi) is 5.15. The summed E-state index contributed by atoms with van der Waals surface area (Å²) in [7, 11) is -1.46. The summed E-state index contributed by atoms with van der Waals surface area (Å²) < 4.78 is 27.8. The quantitative estimate of drug-likeness (QED) is 0.864. The van der Waals surface area contributed by atoms with Crippen LogP contribution in [0.3, 0.4) is 0 Å². The van der Waals surface area contributed by atoms with Gasteiger partial charge in [-0.1, -0.05) is 0 Å². The number of nitrogens with one attached hydrogen (secondary N) is 1. The molecule has 1 aromatic rings. The van der Waals surface area contributed by atoms with Gasteiger partial charge in [-0.25, -0.2) is 8.42 Å².